The highest BCUT2D eigenvalue weighted by atomic mass is 79.9. The van der Waals surface area contributed by atoms with Crippen LogP contribution in [0.2, 0.25) is 0 Å². The molecule has 0 aliphatic heterocycles. The Morgan fingerprint density at radius 1 is 1.38 bits per heavy atom. The van der Waals surface area contributed by atoms with Crippen molar-refractivity contribution in [2.45, 2.75) is 37.6 Å². The molecule has 0 radical (unpaired) electrons. The molecule has 1 fully saturated rings. The van der Waals surface area contributed by atoms with E-state index < -0.39 is 0 Å². The lowest BCUT2D eigenvalue weighted by atomic mass is 9.83. The van der Waals surface area contributed by atoms with Gasteiger partial charge in [0.25, 0.3) is 0 Å². The number of aromatic nitrogens is 2. The molecule has 1 aromatic heterocycles. The van der Waals surface area contributed by atoms with Crippen molar-refractivity contribution in [2.75, 3.05) is 11.2 Å². The van der Waals surface area contributed by atoms with Gasteiger partial charge in [0.15, 0.2) is 0 Å². The summed E-state index contributed by atoms with van der Waals surface area (Å²) < 4.78 is 0.894. The van der Waals surface area contributed by atoms with E-state index in [4.69, 9.17) is 11.6 Å². The molecule has 5 heteroatoms. The van der Waals surface area contributed by atoms with Crippen LogP contribution in [0, 0.1) is 0 Å². The summed E-state index contributed by atoms with van der Waals surface area (Å²) in [6.07, 6.45) is 9.33. The van der Waals surface area contributed by atoms with Gasteiger partial charge < -0.3 is 5.32 Å². The summed E-state index contributed by atoms with van der Waals surface area (Å²) in [6, 6.07) is 0. The maximum atomic E-state index is 6.12. The van der Waals surface area contributed by atoms with Crippen LogP contribution in [0.25, 0.3) is 0 Å². The van der Waals surface area contributed by atoms with Crippen molar-refractivity contribution < 1.29 is 0 Å². The number of alkyl halides is 1. The van der Waals surface area contributed by atoms with Gasteiger partial charge in [0, 0.05) is 12.1 Å². The molecule has 0 aromatic carbocycles. The predicted molar refractivity (Wildman–Crippen MR) is 69.9 cm³/mol. The van der Waals surface area contributed by atoms with E-state index in [1.54, 1.807) is 12.5 Å². The van der Waals surface area contributed by atoms with E-state index in [1.807, 2.05) is 0 Å². The van der Waals surface area contributed by atoms with Gasteiger partial charge in [-0.25, -0.2) is 9.97 Å². The monoisotopic (exact) mass is 303 g/mol. The molecule has 1 aliphatic carbocycles. The Morgan fingerprint density at radius 3 is 2.75 bits per heavy atom. The third-order valence-corrected chi connectivity index (χ3v) is 4.21. The summed E-state index contributed by atoms with van der Waals surface area (Å²) in [5.41, 5.74) is 0.0106. The molecule has 0 unspecified atom stereocenters. The molecular weight excluding hydrogens is 289 g/mol. The third-order valence-electron chi connectivity index (χ3n) is 3.12. The van der Waals surface area contributed by atoms with Crippen LogP contribution >= 0.6 is 27.5 Å². The second-order valence-electron chi connectivity index (χ2n) is 4.32. The molecule has 1 saturated carbocycles. The Labute approximate surface area is 109 Å². The van der Waals surface area contributed by atoms with E-state index >= 15 is 0 Å². The number of nitrogens with zero attached hydrogens (tertiary/aromatic N) is 2. The van der Waals surface area contributed by atoms with Crippen LogP contribution in [0.5, 0.6) is 0 Å². The topological polar surface area (TPSA) is 37.8 Å². The lowest BCUT2D eigenvalue weighted by Crippen LogP contribution is -2.42. The lowest BCUT2D eigenvalue weighted by molar-refractivity contribution is 0.352. The van der Waals surface area contributed by atoms with Crippen LogP contribution in [0.1, 0.15) is 32.1 Å². The molecule has 88 valence electrons. The van der Waals surface area contributed by atoms with Gasteiger partial charge >= 0.3 is 0 Å². The van der Waals surface area contributed by atoms with E-state index in [2.05, 4.69) is 31.2 Å². The van der Waals surface area contributed by atoms with Gasteiger partial charge in [0.05, 0.1) is 10.0 Å². The smallest absolute Gasteiger partial charge is 0.144 e. The standard InChI is InChI=1S/C11H15BrClN3/c12-9-6-14-8-15-10(9)16-11(7-13)4-2-1-3-5-11/h6,8H,1-5,7H2,(H,14,15,16). The fraction of sp³-hybridized carbons (Fsp3) is 0.636. The zero-order chi connectivity index (χ0) is 11.4. The zero-order valence-electron chi connectivity index (χ0n) is 9.05. The van der Waals surface area contributed by atoms with Crippen LogP contribution in [-0.4, -0.2) is 21.4 Å². The first kappa shape index (κ1) is 12.1. The van der Waals surface area contributed by atoms with Crippen molar-refractivity contribution in [1.29, 1.82) is 0 Å². The largest absolute Gasteiger partial charge is 0.362 e. The van der Waals surface area contributed by atoms with Gasteiger partial charge in [-0.3, -0.25) is 0 Å². The predicted octanol–water partition coefficient (Wildman–Crippen LogP) is 3.59. The molecule has 0 atom stereocenters. The highest BCUT2D eigenvalue weighted by Crippen LogP contribution is 2.33. The number of hydrogen-bond donors (Lipinski definition) is 1. The zero-order valence-corrected chi connectivity index (χ0v) is 11.4. The minimum atomic E-state index is 0.0106. The maximum Gasteiger partial charge on any atom is 0.144 e. The van der Waals surface area contributed by atoms with E-state index in [0.29, 0.717) is 5.88 Å². The van der Waals surface area contributed by atoms with Crippen LogP contribution in [0.3, 0.4) is 0 Å². The minimum Gasteiger partial charge on any atom is -0.362 e. The quantitative estimate of drug-likeness (QED) is 0.867. The van der Waals surface area contributed by atoms with Crippen molar-refractivity contribution in [2.24, 2.45) is 0 Å². The second-order valence-corrected chi connectivity index (χ2v) is 5.44. The van der Waals surface area contributed by atoms with Crippen LogP contribution in [-0.2, 0) is 0 Å². The Morgan fingerprint density at radius 2 is 2.12 bits per heavy atom. The summed E-state index contributed by atoms with van der Waals surface area (Å²) in [4.78, 5) is 8.19. The number of rotatable bonds is 3. The van der Waals surface area contributed by atoms with Crippen molar-refractivity contribution in [3.8, 4) is 0 Å². The lowest BCUT2D eigenvalue weighted by Gasteiger charge is -2.37. The summed E-state index contributed by atoms with van der Waals surface area (Å²) >= 11 is 9.56. The first-order valence-electron chi connectivity index (χ1n) is 5.55. The Balaban J connectivity index is 2.15. The second kappa shape index (κ2) is 5.32. The van der Waals surface area contributed by atoms with E-state index in [0.717, 1.165) is 23.1 Å². The third kappa shape index (κ3) is 2.66. The fourth-order valence-corrected chi connectivity index (χ4v) is 2.83. The molecule has 3 nitrogen and oxygen atoms in total. The van der Waals surface area contributed by atoms with Gasteiger partial charge in [0.1, 0.15) is 12.1 Å². The highest BCUT2D eigenvalue weighted by Gasteiger charge is 2.31. The highest BCUT2D eigenvalue weighted by molar-refractivity contribution is 9.10. The molecule has 1 N–H and O–H groups in total. The van der Waals surface area contributed by atoms with Crippen molar-refractivity contribution in [1.82, 2.24) is 9.97 Å². The van der Waals surface area contributed by atoms with Gasteiger partial charge in [-0.2, -0.15) is 0 Å². The van der Waals surface area contributed by atoms with Crippen molar-refractivity contribution >= 4 is 33.3 Å². The fourth-order valence-electron chi connectivity index (χ4n) is 2.18. The normalized spacial score (nSPS) is 19.4. The molecule has 0 saturated heterocycles. The van der Waals surface area contributed by atoms with E-state index in [1.165, 1.54) is 19.3 Å². The Kier molecular flexibility index (Phi) is 4.03. The summed E-state index contributed by atoms with van der Waals surface area (Å²) in [6.45, 7) is 0. The maximum absolute atomic E-state index is 6.12. The molecule has 16 heavy (non-hydrogen) atoms. The number of hydrogen-bond acceptors (Lipinski definition) is 3. The molecule has 1 aromatic rings. The van der Waals surface area contributed by atoms with E-state index in [-0.39, 0.29) is 5.54 Å². The SMILES string of the molecule is ClCC1(Nc2ncncc2Br)CCCCC1. The van der Waals surface area contributed by atoms with E-state index in [9.17, 15) is 0 Å². The number of nitrogens with one attached hydrogen (secondary N) is 1. The molecule has 0 amide bonds. The molecule has 1 heterocycles. The van der Waals surface area contributed by atoms with Gasteiger partial charge in [-0.05, 0) is 28.8 Å². The first-order chi connectivity index (χ1) is 7.76. The Hall–Kier alpha value is -0.350. The molecule has 2 rings (SSSR count). The van der Waals surface area contributed by atoms with Crippen LogP contribution in [0.15, 0.2) is 17.0 Å². The van der Waals surface area contributed by atoms with Crippen molar-refractivity contribution in [3.05, 3.63) is 17.0 Å². The molecule has 0 spiro atoms. The molecule has 1 aliphatic rings. The van der Waals surface area contributed by atoms with Crippen LogP contribution in [0.4, 0.5) is 5.82 Å². The average molecular weight is 305 g/mol. The molecule has 0 bridgehead atoms. The van der Waals surface area contributed by atoms with Gasteiger partial charge in [0.2, 0.25) is 0 Å². The summed E-state index contributed by atoms with van der Waals surface area (Å²) in [7, 11) is 0. The first-order valence-corrected chi connectivity index (χ1v) is 6.88. The van der Waals surface area contributed by atoms with Crippen LogP contribution < -0.4 is 5.32 Å². The number of anilines is 1. The minimum absolute atomic E-state index is 0.0106. The number of halogens is 2. The van der Waals surface area contributed by atoms with Gasteiger partial charge in [-0.15, -0.1) is 11.6 Å². The van der Waals surface area contributed by atoms with Crippen molar-refractivity contribution in [3.63, 3.8) is 0 Å². The average Bonchev–Trinajstić information content (AvgIpc) is 2.33. The Bertz CT molecular complexity index is 353. The van der Waals surface area contributed by atoms with Gasteiger partial charge in [-0.1, -0.05) is 19.3 Å². The molecular formula is C11H15BrClN3. The summed E-state index contributed by atoms with van der Waals surface area (Å²) in [5.74, 6) is 1.47. The summed E-state index contributed by atoms with van der Waals surface area (Å²) in [5, 5.41) is 3.48.